The first-order chi connectivity index (χ1) is 9.14. The first kappa shape index (κ1) is 13.6. The minimum absolute atomic E-state index is 0.0414. The summed E-state index contributed by atoms with van der Waals surface area (Å²) in [6.07, 6.45) is 2.80. The fraction of sp³-hybridized carbons (Fsp3) is 0.438. The van der Waals surface area contributed by atoms with Gasteiger partial charge in [-0.2, -0.15) is 0 Å². The second-order valence-electron chi connectivity index (χ2n) is 5.31. The van der Waals surface area contributed by atoms with Crippen LogP contribution < -0.4 is 5.32 Å². The molecule has 100 valence electrons. The summed E-state index contributed by atoms with van der Waals surface area (Å²) >= 11 is 0. The van der Waals surface area contributed by atoms with Gasteiger partial charge in [0.1, 0.15) is 0 Å². The second kappa shape index (κ2) is 5.90. The van der Waals surface area contributed by atoms with Crippen LogP contribution in [0.25, 0.3) is 0 Å². The maximum atomic E-state index is 12.1. The van der Waals surface area contributed by atoms with Crippen molar-refractivity contribution in [2.24, 2.45) is 5.41 Å². The highest BCUT2D eigenvalue weighted by molar-refractivity contribution is 5.96. The van der Waals surface area contributed by atoms with Gasteiger partial charge >= 0.3 is 0 Å². The van der Waals surface area contributed by atoms with Crippen molar-refractivity contribution in [3.63, 3.8) is 0 Å². The molecule has 0 bridgehead atoms. The molecule has 0 aliphatic heterocycles. The molecular weight excluding hydrogens is 238 g/mol. The summed E-state index contributed by atoms with van der Waals surface area (Å²) in [6.45, 7) is 2.95. The molecule has 3 heteroatoms. The lowest BCUT2D eigenvalue weighted by Gasteiger charge is -2.11. The fourth-order valence-corrected chi connectivity index (χ4v) is 1.78. The summed E-state index contributed by atoms with van der Waals surface area (Å²) in [5.41, 5.74) is 1.62. The van der Waals surface area contributed by atoms with E-state index in [0.717, 1.165) is 12.1 Å². The van der Waals surface area contributed by atoms with Gasteiger partial charge in [0.2, 0.25) is 0 Å². The number of amides is 1. The Morgan fingerprint density at radius 2 is 2.16 bits per heavy atom. The predicted octanol–water partition coefficient (Wildman–Crippen LogP) is 1.95. The molecule has 1 aliphatic rings. The number of aliphatic hydroxyl groups excluding tert-OH is 1. The zero-order chi connectivity index (χ0) is 13.7. The highest BCUT2D eigenvalue weighted by atomic mass is 16.2. The first-order valence-electron chi connectivity index (χ1n) is 6.62. The van der Waals surface area contributed by atoms with Gasteiger partial charge in [0.15, 0.2) is 0 Å². The largest absolute Gasteiger partial charge is 0.395 e. The Labute approximate surface area is 114 Å². The van der Waals surface area contributed by atoms with Crippen molar-refractivity contribution in [1.82, 2.24) is 5.32 Å². The molecule has 0 atom stereocenters. The lowest BCUT2D eigenvalue weighted by Crippen LogP contribution is -2.29. The van der Waals surface area contributed by atoms with Gasteiger partial charge in [-0.05, 0) is 30.4 Å². The van der Waals surface area contributed by atoms with Gasteiger partial charge in [-0.25, -0.2) is 0 Å². The smallest absolute Gasteiger partial charge is 0.252 e. The van der Waals surface area contributed by atoms with E-state index in [1.165, 1.54) is 12.8 Å². The topological polar surface area (TPSA) is 49.3 Å². The van der Waals surface area contributed by atoms with Crippen molar-refractivity contribution in [1.29, 1.82) is 0 Å². The third-order valence-corrected chi connectivity index (χ3v) is 3.41. The van der Waals surface area contributed by atoms with Crippen LogP contribution in [-0.4, -0.2) is 24.2 Å². The van der Waals surface area contributed by atoms with Gasteiger partial charge < -0.3 is 10.4 Å². The average Bonchev–Trinajstić information content (AvgIpc) is 3.15. The molecule has 1 fully saturated rings. The van der Waals surface area contributed by atoms with Gasteiger partial charge in [-0.3, -0.25) is 4.79 Å². The van der Waals surface area contributed by atoms with Crippen molar-refractivity contribution in [3.05, 3.63) is 35.4 Å². The molecule has 1 amide bonds. The summed E-state index contributed by atoms with van der Waals surface area (Å²) in [5.74, 6) is 5.72. The van der Waals surface area contributed by atoms with Gasteiger partial charge in [0.05, 0.1) is 12.2 Å². The molecule has 1 aromatic carbocycles. The Morgan fingerprint density at radius 3 is 2.84 bits per heavy atom. The summed E-state index contributed by atoms with van der Waals surface area (Å²) in [4.78, 5) is 12.1. The van der Waals surface area contributed by atoms with Crippen LogP contribution in [0.2, 0.25) is 0 Å². The maximum Gasteiger partial charge on any atom is 0.252 e. The molecular formula is C16H19NO2. The molecule has 2 rings (SSSR count). The number of carbonyl (C=O) groups is 1. The monoisotopic (exact) mass is 257 g/mol. The quantitative estimate of drug-likeness (QED) is 0.810. The van der Waals surface area contributed by atoms with Crippen LogP contribution in [-0.2, 0) is 0 Å². The van der Waals surface area contributed by atoms with Crippen LogP contribution in [0.1, 0.15) is 42.1 Å². The molecule has 0 radical (unpaired) electrons. The van der Waals surface area contributed by atoms with E-state index in [4.69, 9.17) is 5.11 Å². The number of hydrogen-bond acceptors (Lipinski definition) is 2. The minimum atomic E-state index is -0.0676. The van der Waals surface area contributed by atoms with E-state index in [1.807, 2.05) is 18.2 Å². The number of carbonyl (C=O) groups excluding carboxylic acids is 1. The van der Waals surface area contributed by atoms with Crippen LogP contribution in [0.15, 0.2) is 24.3 Å². The van der Waals surface area contributed by atoms with E-state index in [-0.39, 0.29) is 12.5 Å². The van der Waals surface area contributed by atoms with Crippen LogP contribution in [0.3, 0.4) is 0 Å². The Morgan fingerprint density at radius 1 is 1.42 bits per heavy atom. The summed E-state index contributed by atoms with van der Waals surface area (Å²) < 4.78 is 0. The normalized spacial score (nSPS) is 15.3. The van der Waals surface area contributed by atoms with Gasteiger partial charge in [0.25, 0.3) is 5.91 Å². The number of hydrogen-bond donors (Lipinski definition) is 2. The molecule has 0 unspecified atom stereocenters. The number of rotatable bonds is 4. The molecule has 0 spiro atoms. The number of aliphatic hydroxyl groups is 1. The van der Waals surface area contributed by atoms with Crippen LogP contribution >= 0.6 is 0 Å². The Hall–Kier alpha value is -1.79. The molecule has 0 aromatic heterocycles. The minimum Gasteiger partial charge on any atom is -0.395 e. The molecule has 0 saturated heterocycles. The highest BCUT2D eigenvalue weighted by Crippen LogP contribution is 2.44. The van der Waals surface area contributed by atoms with Crippen LogP contribution in [0, 0.1) is 17.3 Å². The highest BCUT2D eigenvalue weighted by Gasteiger charge is 2.37. The summed E-state index contributed by atoms with van der Waals surface area (Å²) in [5, 5.41) is 11.7. The van der Waals surface area contributed by atoms with Gasteiger partial charge in [0, 0.05) is 18.5 Å². The summed E-state index contributed by atoms with van der Waals surface area (Å²) in [6, 6.07) is 7.32. The van der Waals surface area contributed by atoms with Crippen molar-refractivity contribution < 1.29 is 9.90 Å². The standard InChI is InChI=1S/C16H19NO2/c1-16(9-10-16)12-17-15(19)14-8-3-2-6-13(14)7-4-5-11-18/h2-3,6,8,18H,5,9-12H2,1H3,(H,17,19). The number of nitrogens with one attached hydrogen (secondary N) is 1. The van der Waals surface area contributed by atoms with Gasteiger partial charge in [-0.1, -0.05) is 30.9 Å². The third kappa shape index (κ3) is 3.84. The maximum absolute atomic E-state index is 12.1. The summed E-state index contributed by atoms with van der Waals surface area (Å²) in [7, 11) is 0. The lowest BCUT2D eigenvalue weighted by atomic mass is 10.1. The van der Waals surface area contributed by atoms with E-state index in [1.54, 1.807) is 6.07 Å². The van der Waals surface area contributed by atoms with E-state index in [2.05, 4.69) is 24.1 Å². The Kier molecular flexibility index (Phi) is 4.24. The third-order valence-electron chi connectivity index (χ3n) is 3.41. The fourth-order valence-electron chi connectivity index (χ4n) is 1.78. The molecule has 1 aliphatic carbocycles. The molecule has 2 N–H and O–H groups in total. The first-order valence-corrected chi connectivity index (χ1v) is 6.62. The Bertz CT molecular complexity index is 521. The van der Waals surface area contributed by atoms with E-state index >= 15 is 0 Å². The number of benzene rings is 1. The molecule has 19 heavy (non-hydrogen) atoms. The predicted molar refractivity (Wildman–Crippen MR) is 74.7 cm³/mol. The SMILES string of the molecule is CC1(CNC(=O)c2ccccc2C#CCCO)CC1. The zero-order valence-electron chi connectivity index (χ0n) is 11.2. The van der Waals surface area contributed by atoms with Gasteiger partial charge in [-0.15, -0.1) is 0 Å². The average molecular weight is 257 g/mol. The van der Waals surface area contributed by atoms with Crippen LogP contribution in [0.5, 0.6) is 0 Å². The lowest BCUT2D eigenvalue weighted by molar-refractivity contribution is 0.0946. The molecule has 1 aromatic rings. The van der Waals surface area contributed by atoms with Crippen LogP contribution in [0.4, 0.5) is 0 Å². The second-order valence-corrected chi connectivity index (χ2v) is 5.31. The van der Waals surface area contributed by atoms with Crippen molar-refractivity contribution in [2.75, 3.05) is 13.2 Å². The zero-order valence-corrected chi connectivity index (χ0v) is 11.2. The van der Waals surface area contributed by atoms with Crippen molar-refractivity contribution in [2.45, 2.75) is 26.2 Å². The molecule has 1 saturated carbocycles. The Balaban J connectivity index is 2.06. The van der Waals surface area contributed by atoms with E-state index in [0.29, 0.717) is 17.4 Å². The van der Waals surface area contributed by atoms with Crippen molar-refractivity contribution in [3.8, 4) is 11.8 Å². The van der Waals surface area contributed by atoms with Crippen molar-refractivity contribution >= 4 is 5.91 Å². The van der Waals surface area contributed by atoms with E-state index < -0.39 is 0 Å². The molecule has 0 heterocycles. The molecule has 3 nitrogen and oxygen atoms in total. The van der Waals surface area contributed by atoms with E-state index in [9.17, 15) is 4.79 Å².